The molecule has 0 aliphatic heterocycles. The molecular weight excluding hydrogens is 224 g/mol. The lowest BCUT2D eigenvalue weighted by atomic mass is 9.84. The predicted octanol–water partition coefficient (Wildman–Crippen LogP) is 4.31. The zero-order chi connectivity index (χ0) is 9.10. The van der Waals surface area contributed by atoms with E-state index in [0.29, 0.717) is 0 Å². The Morgan fingerprint density at radius 3 is 2.62 bits per heavy atom. The topological polar surface area (TPSA) is 0 Å². The van der Waals surface area contributed by atoms with Gasteiger partial charge in [0.2, 0.25) is 0 Å². The van der Waals surface area contributed by atoms with Gasteiger partial charge in [0, 0.05) is 4.47 Å². The van der Waals surface area contributed by atoms with Crippen molar-refractivity contribution in [2.75, 3.05) is 0 Å². The molecule has 0 amide bonds. The molecule has 1 saturated carbocycles. The van der Waals surface area contributed by atoms with Gasteiger partial charge in [-0.15, -0.1) is 0 Å². The number of benzene rings is 1. The van der Waals surface area contributed by atoms with E-state index < -0.39 is 0 Å². The fourth-order valence-electron chi connectivity index (χ4n) is 2.02. The highest BCUT2D eigenvalue weighted by Crippen LogP contribution is 2.32. The standard InChI is InChI=1S/C12H14Br/c13-12-8-4-7-11(9-12)10-5-2-1-3-6-10/h1,4,7-10H,2-3,5-6H2. The van der Waals surface area contributed by atoms with Crippen LogP contribution in [-0.2, 0) is 0 Å². The summed E-state index contributed by atoms with van der Waals surface area (Å²) in [5.41, 5.74) is 1.50. The summed E-state index contributed by atoms with van der Waals surface area (Å²) in [5, 5.41) is 0. The third-order valence-corrected chi connectivity index (χ3v) is 3.25. The summed E-state index contributed by atoms with van der Waals surface area (Å²) < 4.78 is 1.21. The summed E-state index contributed by atoms with van der Waals surface area (Å²) in [6.07, 6.45) is 7.65. The van der Waals surface area contributed by atoms with Crippen molar-refractivity contribution in [2.24, 2.45) is 0 Å². The molecular formula is C12H14Br. The lowest BCUT2D eigenvalue weighted by Crippen LogP contribution is -2.04. The number of hydrogen-bond acceptors (Lipinski definition) is 0. The zero-order valence-electron chi connectivity index (χ0n) is 7.67. The molecule has 0 aromatic heterocycles. The minimum absolute atomic E-state index is 0.794. The molecule has 0 bridgehead atoms. The average molecular weight is 238 g/mol. The van der Waals surface area contributed by atoms with Crippen LogP contribution >= 0.6 is 15.9 Å². The monoisotopic (exact) mass is 237 g/mol. The van der Waals surface area contributed by atoms with E-state index in [2.05, 4.69) is 46.6 Å². The summed E-state index contributed by atoms with van der Waals surface area (Å²) in [5.74, 6) is 0.794. The molecule has 1 radical (unpaired) electrons. The Balaban J connectivity index is 2.14. The Morgan fingerprint density at radius 1 is 1.15 bits per heavy atom. The first kappa shape index (κ1) is 9.26. The minimum Gasteiger partial charge on any atom is -0.0609 e. The van der Waals surface area contributed by atoms with Crippen molar-refractivity contribution >= 4 is 15.9 Å². The third-order valence-electron chi connectivity index (χ3n) is 2.76. The zero-order valence-corrected chi connectivity index (χ0v) is 9.26. The van der Waals surface area contributed by atoms with E-state index in [1.807, 2.05) is 0 Å². The highest BCUT2D eigenvalue weighted by molar-refractivity contribution is 9.10. The molecule has 1 aliphatic rings. The van der Waals surface area contributed by atoms with E-state index in [0.717, 1.165) is 5.92 Å². The van der Waals surface area contributed by atoms with Crippen molar-refractivity contribution in [3.63, 3.8) is 0 Å². The molecule has 1 aromatic rings. The van der Waals surface area contributed by atoms with E-state index in [1.165, 1.54) is 35.7 Å². The highest BCUT2D eigenvalue weighted by Gasteiger charge is 2.15. The van der Waals surface area contributed by atoms with Crippen LogP contribution < -0.4 is 0 Å². The average Bonchev–Trinajstić information content (AvgIpc) is 2.19. The van der Waals surface area contributed by atoms with Gasteiger partial charge in [-0.05, 0) is 55.7 Å². The van der Waals surface area contributed by atoms with E-state index in [-0.39, 0.29) is 0 Å². The summed E-state index contributed by atoms with van der Waals surface area (Å²) in [7, 11) is 0. The van der Waals surface area contributed by atoms with Crippen molar-refractivity contribution in [3.05, 3.63) is 40.7 Å². The summed E-state index contributed by atoms with van der Waals surface area (Å²) in [6, 6.07) is 8.74. The maximum absolute atomic E-state index is 3.52. The molecule has 1 heteroatoms. The van der Waals surface area contributed by atoms with Crippen molar-refractivity contribution in [3.8, 4) is 0 Å². The van der Waals surface area contributed by atoms with Crippen LogP contribution in [0.5, 0.6) is 0 Å². The smallest absolute Gasteiger partial charge is 0.0178 e. The molecule has 0 nitrogen and oxygen atoms in total. The van der Waals surface area contributed by atoms with Crippen LogP contribution in [0.1, 0.15) is 37.2 Å². The van der Waals surface area contributed by atoms with Gasteiger partial charge in [-0.25, -0.2) is 0 Å². The Hall–Kier alpha value is -0.300. The first-order valence-electron chi connectivity index (χ1n) is 4.93. The second kappa shape index (κ2) is 4.28. The second-order valence-electron chi connectivity index (χ2n) is 3.70. The molecule has 1 aromatic carbocycles. The first-order valence-corrected chi connectivity index (χ1v) is 5.73. The van der Waals surface area contributed by atoms with Gasteiger partial charge in [0.05, 0.1) is 0 Å². The van der Waals surface area contributed by atoms with Gasteiger partial charge < -0.3 is 0 Å². The maximum atomic E-state index is 3.52. The van der Waals surface area contributed by atoms with Gasteiger partial charge in [-0.2, -0.15) is 0 Å². The molecule has 0 N–H and O–H groups in total. The van der Waals surface area contributed by atoms with Crippen LogP contribution in [0.15, 0.2) is 28.7 Å². The van der Waals surface area contributed by atoms with Crippen molar-refractivity contribution in [1.29, 1.82) is 0 Å². The molecule has 13 heavy (non-hydrogen) atoms. The summed E-state index contributed by atoms with van der Waals surface area (Å²) >= 11 is 3.52. The van der Waals surface area contributed by atoms with Gasteiger partial charge in [0.25, 0.3) is 0 Å². The van der Waals surface area contributed by atoms with E-state index in [4.69, 9.17) is 0 Å². The summed E-state index contributed by atoms with van der Waals surface area (Å²) in [6.45, 7) is 0. The van der Waals surface area contributed by atoms with Gasteiger partial charge in [0.15, 0.2) is 0 Å². The number of rotatable bonds is 1. The fourth-order valence-corrected chi connectivity index (χ4v) is 2.44. The van der Waals surface area contributed by atoms with Crippen LogP contribution in [0, 0.1) is 6.42 Å². The highest BCUT2D eigenvalue weighted by atomic mass is 79.9. The van der Waals surface area contributed by atoms with E-state index in [9.17, 15) is 0 Å². The normalized spacial score (nSPS) is 18.8. The molecule has 1 aliphatic carbocycles. The Kier molecular flexibility index (Phi) is 3.05. The SMILES string of the molecule is Brc1cccc(C2CC[CH]CC2)c1. The van der Waals surface area contributed by atoms with Crippen molar-refractivity contribution < 1.29 is 0 Å². The largest absolute Gasteiger partial charge is 0.0609 e. The number of halogens is 1. The van der Waals surface area contributed by atoms with Crippen LogP contribution in [0.3, 0.4) is 0 Å². The fraction of sp³-hybridized carbons (Fsp3) is 0.417. The van der Waals surface area contributed by atoms with Crippen LogP contribution in [-0.4, -0.2) is 0 Å². The van der Waals surface area contributed by atoms with Crippen molar-refractivity contribution in [1.82, 2.24) is 0 Å². The molecule has 1 fully saturated rings. The number of hydrogen-bond donors (Lipinski definition) is 0. The lowest BCUT2D eigenvalue weighted by Gasteiger charge is -2.21. The lowest BCUT2D eigenvalue weighted by molar-refractivity contribution is 0.511. The predicted molar refractivity (Wildman–Crippen MR) is 59.7 cm³/mol. The second-order valence-corrected chi connectivity index (χ2v) is 4.61. The Morgan fingerprint density at radius 2 is 1.92 bits per heavy atom. The van der Waals surface area contributed by atoms with Crippen LogP contribution in [0.4, 0.5) is 0 Å². The molecule has 0 atom stereocenters. The molecule has 69 valence electrons. The third kappa shape index (κ3) is 2.34. The van der Waals surface area contributed by atoms with E-state index >= 15 is 0 Å². The molecule has 0 spiro atoms. The molecule has 0 heterocycles. The quantitative estimate of drug-likeness (QED) is 0.683. The minimum atomic E-state index is 0.794. The molecule has 2 rings (SSSR count). The summed E-state index contributed by atoms with van der Waals surface area (Å²) in [4.78, 5) is 0. The van der Waals surface area contributed by atoms with Crippen molar-refractivity contribution in [2.45, 2.75) is 31.6 Å². The molecule has 0 saturated heterocycles. The van der Waals surface area contributed by atoms with E-state index in [1.54, 1.807) is 0 Å². The maximum Gasteiger partial charge on any atom is 0.0178 e. The van der Waals surface area contributed by atoms with Crippen LogP contribution in [0.25, 0.3) is 0 Å². The Labute approximate surface area is 88.5 Å². The van der Waals surface area contributed by atoms with Crippen LogP contribution in [0.2, 0.25) is 0 Å². The first-order chi connectivity index (χ1) is 6.36. The van der Waals surface area contributed by atoms with Gasteiger partial charge in [-0.3, -0.25) is 0 Å². The van der Waals surface area contributed by atoms with Gasteiger partial charge in [0.1, 0.15) is 0 Å². The van der Waals surface area contributed by atoms with Gasteiger partial charge in [-0.1, -0.05) is 28.1 Å². The molecule has 0 unspecified atom stereocenters. The Bertz CT molecular complexity index is 274. The van der Waals surface area contributed by atoms with Gasteiger partial charge >= 0.3 is 0 Å².